The molecule has 0 saturated carbocycles. The van der Waals surface area contributed by atoms with Gasteiger partial charge in [-0.05, 0) is 25.7 Å². The second kappa shape index (κ2) is 15.0. The van der Waals surface area contributed by atoms with Gasteiger partial charge in [-0.3, -0.25) is 0 Å². The summed E-state index contributed by atoms with van der Waals surface area (Å²) < 4.78 is 18.6. The van der Waals surface area contributed by atoms with Gasteiger partial charge in [-0.15, -0.1) is 0 Å². The Bertz CT molecular complexity index is 167. The molecular formula is C17H38O3Si. The predicted octanol–water partition coefficient (Wildman–Crippen LogP) is 5.57. The summed E-state index contributed by atoms with van der Waals surface area (Å²) in [7, 11) is -2.44. The molecule has 0 heterocycles. The lowest BCUT2D eigenvalue weighted by Crippen LogP contribution is -2.46. The molecule has 4 heteroatoms. The summed E-state index contributed by atoms with van der Waals surface area (Å²) in [5, 5.41) is 0. The molecule has 0 aromatic carbocycles. The highest BCUT2D eigenvalue weighted by Crippen LogP contribution is 2.21. The molecule has 0 aliphatic heterocycles. The van der Waals surface area contributed by atoms with Crippen LogP contribution in [0.25, 0.3) is 0 Å². The van der Waals surface area contributed by atoms with Crippen LogP contribution in [0.4, 0.5) is 0 Å². The molecule has 0 spiro atoms. The van der Waals surface area contributed by atoms with Crippen LogP contribution in [-0.2, 0) is 13.3 Å². The lowest BCUT2D eigenvalue weighted by atomic mass is 10.3. The molecule has 21 heavy (non-hydrogen) atoms. The molecule has 0 amide bonds. The van der Waals surface area contributed by atoms with Gasteiger partial charge in [0.25, 0.3) is 0 Å². The van der Waals surface area contributed by atoms with Crippen LogP contribution in [0.15, 0.2) is 0 Å². The Kier molecular flexibility index (Phi) is 15.1. The molecule has 0 fully saturated rings. The zero-order chi connectivity index (χ0) is 15.8. The first kappa shape index (κ1) is 21.1. The van der Waals surface area contributed by atoms with E-state index in [0.717, 1.165) is 70.8 Å². The summed E-state index contributed by atoms with van der Waals surface area (Å²) in [5.74, 6) is 0. The summed E-state index contributed by atoms with van der Waals surface area (Å²) in [5.41, 5.74) is 0. The fourth-order valence-corrected chi connectivity index (χ4v) is 4.78. The van der Waals surface area contributed by atoms with Gasteiger partial charge in [-0.2, -0.15) is 0 Å². The normalized spacial score (nSPS) is 12.0. The lowest BCUT2D eigenvalue weighted by molar-refractivity contribution is 0.0557. The van der Waals surface area contributed by atoms with Crippen molar-refractivity contribution in [3.05, 3.63) is 0 Å². The van der Waals surface area contributed by atoms with E-state index in [4.69, 9.17) is 13.3 Å². The minimum absolute atomic E-state index is 0.785. The molecule has 0 aromatic heterocycles. The van der Waals surface area contributed by atoms with Gasteiger partial charge in [-0.25, -0.2) is 0 Å². The molecular weight excluding hydrogens is 280 g/mol. The van der Waals surface area contributed by atoms with E-state index in [1.54, 1.807) is 0 Å². The van der Waals surface area contributed by atoms with Crippen molar-refractivity contribution in [2.24, 2.45) is 0 Å². The van der Waals surface area contributed by atoms with Crippen LogP contribution < -0.4 is 0 Å². The number of rotatable bonds is 16. The van der Waals surface area contributed by atoms with Crippen LogP contribution >= 0.6 is 0 Å². The van der Waals surface area contributed by atoms with Crippen LogP contribution in [-0.4, -0.2) is 28.6 Å². The fraction of sp³-hybridized carbons (Fsp3) is 1.00. The SMILES string of the molecule is CCCCC[Si](OCCCC)(OCCCC)OCCCC. The minimum atomic E-state index is -2.44. The van der Waals surface area contributed by atoms with Gasteiger partial charge < -0.3 is 13.3 Å². The summed E-state index contributed by atoms with van der Waals surface area (Å²) in [6, 6.07) is 0.984. The fourth-order valence-electron chi connectivity index (χ4n) is 2.05. The van der Waals surface area contributed by atoms with Crippen LogP contribution in [0.3, 0.4) is 0 Å². The zero-order valence-electron chi connectivity index (χ0n) is 14.9. The van der Waals surface area contributed by atoms with E-state index in [1.165, 1.54) is 12.8 Å². The number of hydrogen-bond acceptors (Lipinski definition) is 3. The zero-order valence-corrected chi connectivity index (χ0v) is 15.9. The first-order valence-electron chi connectivity index (χ1n) is 9.16. The van der Waals surface area contributed by atoms with Crippen molar-refractivity contribution < 1.29 is 13.3 Å². The van der Waals surface area contributed by atoms with Gasteiger partial charge in [0.2, 0.25) is 0 Å². The van der Waals surface area contributed by atoms with Gasteiger partial charge in [0, 0.05) is 25.9 Å². The Morgan fingerprint density at radius 1 is 0.524 bits per heavy atom. The Morgan fingerprint density at radius 3 is 1.24 bits per heavy atom. The van der Waals surface area contributed by atoms with E-state index in [-0.39, 0.29) is 0 Å². The molecule has 0 bridgehead atoms. The highest BCUT2D eigenvalue weighted by Gasteiger charge is 2.40. The summed E-state index contributed by atoms with van der Waals surface area (Å²) >= 11 is 0. The summed E-state index contributed by atoms with van der Waals surface area (Å²) in [6.45, 7) is 11.2. The van der Waals surface area contributed by atoms with Crippen molar-refractivity contribution in [3.63, 3.8) is 0 Å². The average Bonchev–Trinajstić information content (AvgIpc) is 2.48. The maximum atomic E-state index is 6.20. The van der Waals surface area contributed by atoms with E-state index >= 15 is 0 Å². The van der Waals surface area contributed by atoms with Crippen molar-refractivity contribution in [2.45, 2.75) is 91.5 Å². The van der Waals surface area contributed by atoms with Crippen molar-refractivity contribution in [1.29, 1.82) is 0 Å². The summed E-state index contributed by atoms with van der Waals surface area (Å²) in [6.07, 6.45) is 10.4. The molecule has 0 N–H and O–H groups in total. The standard InChI is InChI=1S/C17H38O3Si/c1-5-9-13-17-21(18-14-10-6-2,19-15-11-7-3)20-16-12-8-4/h5-17H2,1-4H3. The molecule has 128 valence electrons. The average molecular weight is 319 g/mol. The molecule has 0 radical (unpaired) electrons. The molecule has 0 rings (SSSR count). The van der Waals surface area contributed by atoms with E-state index in [0.29, 0.717) is 0 Å². The molecule has 0 saturated heterocycles. The van der Waals surface area contributed by atoms with Gasteiger partial charge in [-0.1, -0.05) is 59.8 Å². The molecule has 0 aromatic rings. The Morgan fingerprint density at radius 2 is 0.905 bits per heavy atom. The Labute approximate surface area is 134 Å². The number of unbranched alkanes of at least 4 members (excludes halogenated alkanes) is 5. The Hall–Kier alpha value is 0.0969. The lowest BCUT2D eigenvalue weighted by Gasteiger charge is -2.30. The largest absolute Gasteiger partial charge is 0.500 e. The van der Waals surface area contributed by atoms with Gasteiger partial charge in [0.1, 0.15) is 0 Å². The molecule has 0 aliphatic carbocycles. The summed E-state index contributed by atoms with van der Waals surface area (Å²) in [4.78, 5) is 0. The van der Waals surface area contributed by atoms with Crippen molar-refractivity contribution >= 4 is 8.80 Å². The predicted molar refractivity (Wildman–Crippen MR) is 92.7 cm³/mol. The first-order chi connectivity index (χ1) is 10.2. The minimum Gasteiger partial charge on any atom is -0.373 e. The van der Waals surface area contributed by atoms with Crippen LogP contribution in [0, 0.1) is 0 Å². The topological polar surface area (TPSA) is 27.7 Å². The maximum absolute atomic E-state index is 6.20. The van der Waals surface area contributed by atoms with E-state index in [1.807, 2.05) is 0 Å². The maximum Gasteiger partial charge on any atom is 0.500 e. The van der Waals surface area contributed by atoms with Crippen molar-refractivity contribution in [3.8, 4) is 0 Å². The third-order valence-electron chi connectivity index (χ3n) is 3.55. The van der Waals surface area contributed by atoms with Crippen LogP contribution in [0.1, 0.15) is 85.5 Å². The Balaban J connectivity index is 4.52. The second-order valence-corrected chi connectivity index (χ2v) is 8.48. The number of hydrogen-bond donors (Lipinski definition) is 0. The monoisotopic (exact) mass is 318 g/mol. The van der Waals surface area contributed by atoms with Gasteiger partial charge in [0.05, 0.1) is 0 Å². The molecule has 3 nitrogen and oxygen atoms in total. The quantitative estimate of drug-likeness (QED) is 0.275. The molecule has 0 atom stereocenters. The highest BCUT2D eigenvalue weighted by molar-refractivity contribution is 6.60. The third kappa shape index (κ3) is 11.3. The van der Waals surface area contributed by atoms with E-state index in [9.17, 15) is 0 Å². The second-order valence-electron chi connectivity index (χ2n) is 5.75. The smallest absolute Gasteiger partial charge is 0.373 e. The van der Waals surface area contributed by atoms with Crippen molar-refractivity contribution in [2.75, 3.05) is 19.8 Å². The first-order valence-corrected chi connectivity index (χ1v) is 11.1. The van der Waals surface area contributed by atoms with Gasteiger partial charge in [0.15, 0.2) is 0 Å². The van der Waals surface area contributed by atoms with Crippen molar-refractivity contribution in [1.82, 2.24) is 0 Å². The third-order valence-corrected chi connectivity index (χ3v) is 6.44. The van der Waals surface area contributed by atoms with E-state index < -0.39 is 8.80 Å². The molecule has 0 aliphatic rings. The highest BCUT2D eigenvalue weighted by atomic mass is 28.4. The van der Waals surface area contributed by atoms with Gasteiger partial charge >= 0.3 is 8.80 Å². The molecule has 0 unspecified atom stereocenters. The van der Waals surface area contributed by atoms with E-state index in [2.05, 4.69) is 27.7 Å². The van der Waals surface area contributed by atoms with Crippen LogP contribution in [0.5, 0.6) is 0 Å². The van der Waals surface area contributed by atoms with Crippen LogP contribution in [0.2, 0.25) is 6.04 Å².